The van der Waals surface area contributed by atoms with Crippen LogP contribution in [0.5, 0.6) is 0 Å². The summed E-state index contributed by atoms with van der Waals surface area (Å²) in [6.45, 7) is 10.4. The predicted octanol–water partition coefficient (Wildman–Crippen LogP) is 6.70. The van der Waals surface area contributed by atoms with Crippen molar-refractivity contribution in [3.05, 3.63) is 83.7 Å². The lowest BCUT2D eigenvalue weighted by molar-refractivity contribution is 0.795. The zero-order chi connectivity index (χ0) is 19.4. The van der Waals surface area contributed by atoms with Gasteiger partial charge in [0, 0.05) is 23.6 Å². The Morgan fingerprint density at radius 1 is 1.15 bits per heavy atom. The van der Waals surface area contributed by atoms with E-state index in [0.29, 0.717) is 5.56 Å². The van der Waals surface area contributed by atoms with E-state index in [0.717, 1.165) is 28.8 Å². The molecule has 2 nitrogen and oxygen atoms in total. The number of unbranched alkanes of at least 4 members (excludes halogenated alkanes) is 1. The minimum Gasteiger partial charge on any atom is -0.322 e. The van der Waals surface area contributed by atoms with Crippen LogP contribution in [0.4, 0.5) is 0 Å². The third kappa shape index (κ3) is 4.04. The third-order valence-corrected chi connectivity index (χ3v) is 4.97. The summed E-state index contributed by atoms with van der Waals surface area (Å²) >= 11 is 0. The largest absolute Gasteiger partial charge is 0.322 e. The molecule has 0 amide bonds. The van der Waals surface area contributed by atoms with Gasteiger partial charge in [-0.25, -0.2) is 0 Å². The zero-order valence-electron chi connectivity index (χ0n) is 16.4. The molecule has 0 saturated heterocycles. The molecule has 0 aliphatic carbocycles. The number of hydrogen-bond acceptors (Lipinski definition) is 1. The highest BCUT2D eigenvalue weighted by atomic mass is 14.9. The van der Waals surface area contributed by atoms with Gasteiger partial charge in [0.1, 0.15) is 6.07 Å². The molecule has 3 rings (SSSR count). The molecule has 0 fully saturated rings. The number of nitrogens with zero attached hydrogens (tertiary/aromatic N) is 2. The van der Waals surface area contributed by atoms with Crippen molar-refractivity contribution in [2.45, 2.75) is 40.0 Å². The van der Waals surface area contributed by atoms with E-state index in [9.17, 15) is 5.26 Å². The molecule has 2 heteroatoms. The molecule has 1 aromatic heterocycles. The van der Waals surface area contributed by atoms with Gasteiger partial charge in [0.2, 0.25) is 0 Å². The van der Waals surface area contributed by atoms with Crippen LogP contribution < -0.4 is 0 Å². The van der Waals surface area contributed by atoms with Gasteiger partial charge in [0.15, 0.2) is 0 Å². The third-order valence-electron chi connectivity index (χ3n) is 4.97. The van der Waals surface area contributed by atoms with Crippen molar-refractivity contribution in [2.24, 2.45) is 0 Å². The van der Waals surface area contributed by atoms with Crippen molar-refractivity contribution in [2.75, 3.05) is 0 Å². The number of nitriles is 1. The molecule has 0 spiro atoms. The Morgan fingerprint density at radius 2 is 1.96 bits per heavy atom. The maximum atomic E-state index is 9.65. The van der Waals surface area contributed by atoms with Gasteiger partial charge in [-0.3, -0.25) is 0 Å². The summed E-state index contributed by atoms with van der Waals surface area (Å²) in [6, 6.07) is 17.2. The van der Waals surface area contributed by atoms with Crippen LogP contribution >= 0.6 is 0 Å². The molecule has 0 radical (unpaired) electrons. The average Bonchev–Trinajstić information content (AvgIpc) is 3.10. The Morgan fingerprint density at radius 3 is 2.63 bits per heavy atom. The van der Waals surface area contributed by atoms with Crippen LogP contribution in [0.15, 0.2) is 61.4 Å². The fraction of sp³-hybridized carbons (Fsp3) is 0.240. The second-order valence-corrected chi connectivity index (χ2v) is 7.19. The highest BCUT2D eigenvalue weighted by Gasteiger charge is 2.11. The van der Waals surface area contributed by atoms with E-state index in [2.05, 4.69) is 75.2 Å². The Labute approximate surface area is 162 Å². The molecular formula is C25H26N2. The fourth-order valence-electron chi connectivity index (χ4n) is 3.49. The maximum absolute atomic E-state index is 9.65. The van der Waals surface area contributed by atoms with Crippen LogP contribution in [-0.2, 0) is 6.42 Å². The summed E-state index contributed by atoms with van der Waals surface area (Å²) in [6.07, 6.45) is 7.43. The minimum atomic E-state index is 0.698. The second kappa shape index (κ2) is 8.10. The minimum absolute atomic E-state index is 0.698. The summed E-state index contributed by atoms with van der Waals surface area (Å²) in [5.74, 6) is 0. The van der Waals surface area contributed by atoms with Crippen LogP contribution in [0.25, 0.3) is 22.4 Å². The van der Waals surface area contributed by atoms with Crippen LogP contribution in [0, 0.1) is 18.3 Å². The number of allylic oxidation sites excluding steroid dienone is 1. The predicted molar refractivity (Wildman–Crippen MR) is 114 cm³/mol. The van der Waals surface area contributed by atoms with E-state index in [1.165, 1.54) is 29.5 Å². The molecular weight excluding hydrogens is 328 g/mol. The molecule has 0 aliphatic heterocycles. The van der Waals surface area contributed by atoms with Crippen molar-refractivity contribution in [3.63, 3.8) is 0 Å². The molecule has 1 heterocycles. The van der Waals surface area contributed by atoms with Gasteiger partial charge < -0.3 is 4.57 Å². The molecule has 0 aliphatic rings. The van der Waals surface area contributed by atoms with Gasteiger partial charge >= 0.3 is 0 Å². The molecule has 27 heavy (non-hydrogen) atoms. The number of aryl methyl sites for hydroxylation is 2. The maximum Gasteiger partial charge on any atom is 0.101 e. The smallest absolute Gasteiger partial charge is 0.101 e. The first-order chi connectivity index (χ1) is 13.0. The van der Waals surface area contributed by atoms with E-state index in [-0.39, 0.29) is 0 Å². The van der Waals surface area contributed by atoms with Crippen LogP contribution in [0.3, 0.4) is 0 Å². The van der Waals surface area contributed by atoms with Crippen molar-refractivity contribution in [3.8, 4) is 22.9 Å². The highest BCUT2D eigenvalue weighted by molar-refractivity contribution is 5.72. The quantitative estimate of drug-likeness (QED) is 0.484. The van der Waals surface area contributed by atoms with Crippen LogP contribution in [0.1, 0.15) is 48.9 Å². The van der Waals surface area contributed by atoms with Crippen molar-refractivity contribution >= 4 is 5.57 Å². The Hall–Kier alpha value is -3.05. The van der Waals surface area contributed by atoms with Gasteiger partial charge in [-0.1, -0.05) is 55.8 Å². The summed E-state index contributed by atoms with van der Waals surface area (Å²) in [7, 11) is 0. The van der Waals surface area contributed by atoms with E-state index in [1.807, 2.05) is 17.7 Å². The number of benzene rings is 2. The lowest BCUT2D eigenvalue weighted by Gasteiger charge is -2.09. The first-order valence-electron chi connectivity index (χ1n) is 9.51. The fourth-order valence-corrected chi connectivity index (χ4v) is 3.49. The molecule has 0 N–H and O–H groups in total. The van der Waals surface area contributed by atoms with Crippen LogP contribution in [-0.4, -0.2) is 4.57 Å². The molecule has 2 aromatic carbocycles. The van der Waals surface area contributed by atoms with E-state index >= 15 is 0 Å². The van der Waals surface area contributed by atoms with Crippen molar-refractivity contribution in [1.29, 1.82) is 5.26 Å². The summed E-state index contributed by atoms with van der Waals surface area (Å²) < 4.78 is 2.04. The standard InChI is InChI=1S/C25H26N2/c1-5-6-8-20-9-7-10-21(14-20)25-17-27(16-22(25)15-26)23-11-12-24(18(2)3)19(4)13-23/h7,9-14,16-17H,2,5-6,8H2,1,3-4H3. The lowest BCUT2D eigenvalue weighted by Crippen LogP contribution is -1.93. The summed E-state index contributed by atoms with van der Waals surface area (Å²) in [4.78, 5) is 0. The number of hydrogen-bond donors (Lipinski definition) is 0. The van der Waals surface area contributed by atoms with Gasteiger partial charge in [0.05, 0.1) is 5.56 Å². The molecule has 0 unspecified atom stereocenters. The Kier molecular flexibility index (Phi) is 5.62. The monoisotopic (exact) mass is 354 g/mol. The lowest BCUT2D eigenvalue weighted by atomic mass is 10.0. The van der Waals surface area contributed by atoms with Gasteiger partial charge in [0.25, 0.3) is 0 Å². The molecule has 136 valence electrons. The Balaban J connectivity index is 2.01. The van der Waals surface area contributed by atoms with Crippen molar-refractivity contribution < 1.29 is 0 Å². The normalized spacial score (nSPS) is 10.6. The van der Waals surface area contributed by atoms with Gasteiger partial charge in [-0.2, -0.15) is 5.26 Å². The van der Waals surface area contributed by atoms with Gasteiger partial charge in [-0.05, 0) is 61.1 Å². The van der Waals surface area contributed by atoms with E-state index in [1.54, 1.807) is 0 Å². The first-order valence-corrected chi connectivity index (χ1v) is 9.51. The molecule has 0 atom stereocenters. The number of aromatic nitrogens is 1. The van der Waals surface area contributed by atoms with Crippen LogP contribution in [0.2, 0.25) is 0 Å². The highest BCUT2D eigenvalue weighted by Crippen LogP contribution is 2.28. The topological polar surface area (TPSA) is 28.7 Å². The van der Waals surface area contributed by atoms with Gasteiger partial charge in [-0.15, -0.1) is 0 Å². The second-order valence-electron chi connectivity index (χ2n) is 7.19. The molecule has 0 saturated carbocycles. The molecule has 3 aromatic rings. The Bertz CT molecular complexity index is 1020. The number of rotatable bonds is 6. The van der Waals surface area contributed by atoms with E-state index in [4.69, 9.17) is 0 Å². The van der Waals surface area contributed by atoms with E-state index < -0.39 is 0 Å². The zero-order valence-corrected chi connectivity index (χ0v) is 16.4. The first kappa shape index (κ1) is 18.7. The summed E-state index contributed by atoms with van der Waals surface area (Å²) in [5.41, 5.74) is 8.60. The van der Waals surface area contributed by atoms with Crippen molar-refractivity contribution in [1.82, 2.24) is 4.57 Å². The average molecular weight is 354 g/mol. The molecule has 0 bridgehead atoms. The summed E-state index contributed by atoms with van der Waals surface area (Å²) in [5, 5.41) is 9.65. The SMILES string of the molecule is C=C(C)c1ccc(-n2cc(C#N)c(-c3cccc(CCCC)c3)c2)cc1C.